The van der Waals surface area contributed by atoms with E-state index in [1.807, 2.05) is 25.1 Å². The number of para-hydroxylation sites is 2. The zero-order chi connectivity index (χ0) is 18.2. The fourth-order valence-electron chi connectivity index (χ4n) is 2.32. The van der Waals surface area contributed by atoms with Crippen LogP contribution in [0.15, 0.2) is 42.5 Å². The quantitative estimate of drug-likeness (QED) is 0.426. The van der Waals surface area contributed by atoms with Crippen molar-refractivity contribution in [3.63, 3.8) is 0 Å². The summed E-state index contributed by atoms with van der Waals surface area (Å²) >= 11 is 6.07. The van der Waals surface area contributed by atoms with Crippen molar-refractivity contribution in [2.45, 2.75) is 19.8 Å². The van der Waals surface area contributed by atoms with Gasteiger partial charge in [0.05, 0.1) is 4.92 Å². The van der Waals surface area contributed by atoms with Crippen LogP contribution < -0.4 is 10.6 Å². The van der Waals surface area contributed by atoms with Crippen LogP contribution in [0.3, 0.4) is 0 Å². The summed E-state index contributed by atoms with van der Waals surface area (Å²) in [6.07, 6.45) is 0.980. The molecule has 0 atom stereocenters. The molecule has 0 radical (unpaired) electrons. The van der Waals surface area contributed by atoms with E-state index in [1.165, 1.54) is 6.07 Å². The molecule has 2 rings (SSSR count). The number of nitro groups is 1. The standard InChI is InChI=1S/C18H20ClN3O3/c1-13-6-7-14(12-15(13)19)8-9-18(23)21-11-10-20-16-4-2-3-5-17(16)22(24)25/h2-7,12,20H,8-11H2,1H3,(H,21,23). The van der Waals surface area contributed by atoms with E-state index >= 15 is 0 Å². The zero-order valence-corrected chi connectivity index (χ0v) is 14.7. The third-order valence-electron chi connectivity index (χ3n) is 3.74. The molecule has 25 heavy (non-hydrogen) atoms. The maximum absolute atomic E-state index is 11.9. The minimum Gasteiger partial charge on any atom is -0.378 e. The van der Waals surface area contributed by atoms with E-state index in [0.29, 0.717) is 36.6 Å². The molecule has 2 N–H and O–H groups in total. The number of carbonyl (C=O) groups is 1. The summed E-state index contributed by atoms with van der Waals surface area (Å²) in [5, 5.41) is 17.4. The Balaban J connectivity index is 1.72. The monoisotopic (exact) mass is 361 g/mol. The van der Waals surface area contributed by atoms with Crippen LogP contribution in [-0.2, 0) is 11.2 Å². The molecule has 0 aliphatic carbocycles. The van der Waals surface area contributed by atoms with Crippen LogP contribution in [0, 0.1) is 17.0 Å². The van der Waals surface area contributed by atoms with E-state index in [2.05, 4.69) is 10.6 Å². The second kappa shape index (κ2) is 9.03. The lowest BCUT2D eigenvalue weighted by Gasteiger charge is -2.09. The lowest BCUT2D eigenvalue weighted by Crippen LogP contribution is -2.29. The molecule has 0 aliphatic rings. The van der Waals surface area contributed by atoms with E-state index in [-0.39, 0.29) is 11.6 Å². The first-order valence-electron chi connectivity index (χ1n) is 7.96. The molecule has 0 fully saturated rings. The smallest absolute Gasteiger partial charge is 0.292 e. The van der Waals surface area contributed by atoms with Crippen molar-refractivity contribution in [1.82, 2.24) is 5.32 Å². The Hall–Kier alpha value is -2.60. The van der Waals surface area contributed by atoms with Gasteiger partial charge in [0.15, 0.2) is 0 Å². The van der Waals surface area contributed by atoms with Crippen LogP contribution >= 0.6 is 11.6 Å². The van der Waals surface area contributed by atoms with Crippen molar-refractivity contribution in [3.05, 3.63) is 68.7 Å². The van der Waals surface area contributed by atoms with Crippen LogP contribution in [0.4, 0.5) is 11.4 Å². The zero-order valence-electron chi connectivity index (χ0n) is 13.9. The topological polar surface area (TPSA) is 84.3 Å². The van der Waals surface area contributed by atoms with Gasteiger partial charge in [0.25, 0.3) is 5.69 Å². The minimum atomic E-state index is -0.437. The summed E-state index contributed by atoms with van der Waals surface area (Å²) in [6, 6.07) is 12.2. The summed E-state index contributed by atoms with van der Waals surface area (Å²) in [7, 11) is 0. The van der Waals surface area contributed by atoms with Gasteiger partial charge in [-0.25, -0.2) is 0 Å². The van der Waals surface area contributed by atoms with Gasteiger partial charge in [-0.05, 0) is 36.6 Å². The molecular weight excluding hydrogens is 342 g/mol. The average molecular weight is 362 g/mol. The molecule has 1 amide bonds. The predicted molar refractivity (Wildman–Crippen MR) is 99.1 cm³/mol. The number of hydrogen-bond donors (Lipinski definition) is 2. The molecule has 2 aromatic rings. The Morgan fingerprint density at radius 3 is 2.68 bits per heavy atom. The van der Waals surface area contributed by atoms with Gasteiger partial charge >= 0.3 is 0 Å². The first kappa shape index (κ1) is 18.7. The number of halogens is 1. The van der Waals surface area contributed by atoms with Crippen LogP contribution in [-0.4, -0.2) is 23.9 Å². The van der Waals surface area contributed by atoms with Crippen molar-refractivity contribution in [3.8, 4) is 0 Å². The molecule has 7 heteroatoms. The van der Waals surface area contributed by atoms with Gasteiger partial charge < -0.3 is 10.6 Å². The highest BCUT2D eigenvalue weighted by atomic mass is 35.5. The largest absolute Gasteiger partial charge is 0.378 e. The Bertz CT molecular complexity index is 765. The molecule has 0 unspecified atom stereocenters. The number of anilines is 1. The second-order valence-corrected chi connectivity index (χ2v) is 6.04. The molecule has 2 aromatic carbocycles. The number of carbonyl (C=O) groups excluding carboxylic acids is 1. The molecule has 0 saturated heterocycles. The van der Waals surface area contributed by atoms with E-state index in [0.717, 1.165) is 11.1 Å². The molecule has 0 spiro atoms. The molecule has 0 saturated carbocycles. The molecule has 6 nitrogen and oxygen atoms in total. The third kappa shape index (κ3) is 5.76. The lowest BCUT2D eigenvalue weighted by atomic mass is 10.1. The molecule has 0 heterocycles. The summed E-state index contributed by atoms with van der Waals surface area (Å²) in [5.41, 5.74) is 2.49. The van der Waals surface area contributed by atoms with E-state index in [4.69, 9.17) is 11.6 Å². The number of amides is 1. The molecule has 0 bridgehead atoms. The molecule has 132 valence electrons. The summed E-state index contributed by atoms with van der Waals surface area (Å²) < 4.78 is 0. The molecule has 0 aliphatic heterocycles. The van der Waals surface area contributed by atoms with Crippen LogP contribution in [0.25, 0.3) is 0 Å². The Kier molecular flexibility index (Phi) is 6.77. The number of aryl methyl sites for hydroxylation is 2. The molecular formula is C18H20ClN3O3. The van der Waals surface area contributed by atoms with Crippen LogP contribution in [0.5, 0.6) is 0 Å². The van der Waals surface area contributed by atoms with Gasteiger partial charge in [-0.2, -0.15) is 0 Å². The normalized spacial score (nSPS) is 10.3. The summed E-state index contributed by atoms with van der Waals surface area (Å²) in [4.78, 5) is 22.4. The van der Waals surface area contributed by atoms with E-state index < -0.39 is 4.92 Å². The first-order chi connectivity index (χ1) is 12.0. The van der Waals surface area contributed by atoms with Gasteiger partial charge in [0.1, 0.15) is 5.69 Å². The second-order valence-electron chi connectivity index (χ2n) is 5.63. The van der Waals surface area contributed by atoms with Gasteiger partial charge in [-0.15, -0.1) is 0 Å². The highest BCUT2D eigenvalue weighted by molar-refractivity contribution is 6.31. The number of benzene rings is 2. The van der Waals surface area contributed by atoms with Crippen molar-refractivity contribution >= 4 is 28.9 Å². The summed E-state index contributed by atoms with van der Waals surface area (Å²) in [5.74, 6) is -0.0685. The van der Waals surface area contributed by atoms with Crippen molar-refractivity contribution < 1.29 is 9.72 Å². The fraction of sp³-hybridized carbons (Fsp3) is 0.278. The van der Waals surface area contributed by atoms with Gasteiger partial charge in [0, 0.05) is 30.6 Å². The van der Waals surface area contributed by atoms with Gasteiger partial charge in [0.2, 0.25) is 5.91 Å². The van der Waals surface area contributed by atoms with E-state index in [9.17, 15) is 14.9 Å². The number of hydrogen-bond acceptors (Lipinski definition) is 4. The number of nitrogens with zero attached hydrogens (tertiary/aromatic N) is 1. The maximum Gasteiger partial charge on any atom is 0.292 e. The highest BCUT2D eigenvalue weighted by Crippen LogP contribution is 2.22. The van der Waals surface area contributed by atoms with Crippen LogP contribution in [0.1, 0.15) is 17.5 Å². The SMILES string of the molecule is Cc1ccc(CCC(=O)NCCNc2ccccc2[N+](=O)[O-])cc1Cl. The van der Waals surface area contributed by atoms with Gasteiger partial charge in [-0.1, -0.05) is 35.9 Å². The molecule has 0 aromatic heterocycles. The van der Waals surface area contributed by atoms with Crippen molar-refractivity contribution in [2.75, 3.05) is 18.4 Å². The number of nitrogens with one attached hydrogen (secondary N) is 2. The fourth-order valence-corrected chi connectivity index (χ4v) is 2.52. The Morgan fingerprint density at radius 2 is 1.96 bits per heavy atom. The lowest BCUT2D eigenvalue weighted by molar-refractivity contribution is -0.384. The number of nitro benzene ring substituents is 1. The van der Waals surface area contributed by atoms with Gasteiger partial charge in [-0.3, -0.25) is 14.9 Å². The highest BCUT2D eigenvalue weighted by Gasteiger charge is 2.11. The minimum absolute atomic E-state index is 0.0186. The third-order valence-corrected chi connectivity index (χ3v) is 4.15. The van der Waals surface area contributed by atoms with Crippen molar-refractivity contribution in [1.29, 1.82) is 0 Å². The Morgan fingerprint density at radius 1 is 1.20 bits per heavy atom. The Labute approximate surface area is 151 Å². The first-order valence-corrected chi connectivity index (χ1v) is 8.34. The number of rotatable bonds is 8. The predicted octanol–water partition coefficient (Wildman–Crippen LogP) is 3.72. The van der Waals surface area contributed by atoms with Crippen molar-refractivity contribution in [2.24, 2.45) is 0 Å². The van der Waals surface area contributed by atoms with Crippen LogP contribution in [0.2, 0.25) is 5.02 Å². The van der Waals surface area contributed by atoms with E-state index in [1.54, 1.807) is 18.2 Å². The summed E-state index contributed by atoms with van der Waals surface area (Å²) in [6.45, 7) is 2.73. The average Bonchev–Trinajstić information content (AvgIpc) is 2.60. The maximum atomic E-state index is 11.9.